The summed E-state index contributed by atoms with van der Waals surface area (Å²) >= 11 is 6.13. The molecule has 0 bridgehead atoms. The number of halogens is 1. The first-order valence-electron chi connectivity index (χ1n) is 7.92. The molecule has 2 fully saturated rings. The quantitative estimate of drug-likeness (QED) is 0.874. The summed E-state index contributed by atoms with van der Waals surface area (Å²) in [4.78, 5) is 0. The third-order valence-electron chi connectivity index (χ3n) is 4.83. The Bertz CT molecular complexity index is 637. The average molecular weight is 360 g/mol. The molecule has 1 unspecified atom stereocenters. The van der Waals surface area contributed by atoms with Crippen LogP contribution in [0.25, 0.3) is 0 Å². The van der Waals surface area contributed by atoms with Crippen LogP contribution in [0.15, 0.2) is 24.3 Å². The zero-order valence-electron chi connectivity index (χ0n) is 13.0. The Morgan fingerprint density at radius 1 is 1.22 bits per heavy atom. The zero-order chi connectivity index (χ0) is 16.3. The summed E-state index contributed by atoms with van der Waals surface area (Å²) in [6.45, 7) is 2.42. The van der Waals surface area contributed by atoms with Crippen molar-refractivity contribution in [1.82, 2.24) is 4.72 Å². The molecular formula is C16H22ClNO4S. The lowest BCUT2D eigenvalue weighted by Crippen LogP contribution is -2.46. The van der Waals surface area contributed by atoms with Crippen molar-refractivity contribution in [2.75, 3.05) is 33.0 Å². The minimum Gasteiger partial charge on any atom is -0.381 e. The van der Waals surface area contributed by atoms with E-state index in [9.17, 15) is 8.42 Å². The van der Waals surface area contributed by atoms with E-state index in [2.05, 4.69) is 4.72 Å². The summed E-state index contributed by atoms with van der Waals surface area (Å²) in [6, 6.07) is 7.69. The predicted octanol–water partition coefficient (Wildman–Crippen LogP) is 2.10. The molecule has 0 aliphatic carbocycles. The Kier molecular flexibility index (Phi) is 5.28. The van der Waals surface area contributed by atoms with E-state index < -0.39 is 15.3 Å². The molecular weight excluding hydrogens is 338 g/mol. The number of ether oxygens (including phenoxy) is 2. The molecule has 0 saturated carbocycles. The number of hydrogen-bond donors (Lipinski definition) is 1. The van der Waals surface area contributed by atoms with Crippen LogP contribution in [-0.2, 0) is 24.9 Å². The largest absolute Gasteiger partial charge is 0.381 e. The molecule has 0 spiro atoms. The van der Waals surface area contributed by atoms with Crippen LogP contribution in [0, 0.1) is 0 Å². The molecule has 1 N–H and O–H groups in total. The Balaban J connectivity index is 1.79. The summed E-state index contributed by atoms with van der Waals surface area (Å²) in [6.07, 6.45) is 2.11. The van der Waals surface area contributed by atoms with E-state index in [1.807, 2.05) is 24.3 Å². The molecule has 128 valence electrons. The van der Waals surface area contributed by atoms with E-state index in [-0.39, 0.29) is 12.0 Å². The molecule has 5 nitrogen and oxygen atoms in total. The summed E-state index contributed by atoms with van der Waals surface area (Å²) < 4.78 is 38.4. The highest BCUT2D eigenvalue weighted by Crippen LogP contribution is 2.35. The molecule has 2 saturated heterocycles. The lowest BCUT2D eigenvalue weighted by atomic mass is 9.74. The van der Waals surface area contributed by atoms with Gasteiger partial charge in [-0.15, -0.1) is 0 Å². The van der Waals surface area contributed by atoms with Gasteiger partial charge in [-0.1, -0.05) is 23.7 Å². The van der Waals surface area contributed by atoms with E-state index in [0.29, 0.717) is 37.8 Å². The molecule has 1 aromatic rings. The van der Waals surface area contributed by atoms with Gasteiger partial charge in [0.25, 0.3) is 0 Å². The van der Waals surface area contributed by atoms with Crippen LogP contribution in [0.5, 0.6) is 0 Å². The van der Waals surface area contributed by atoms with Crippen LogP contribution in [0.4, 0.5) is 0 Å². The van der Waals surface area contributed by atoms with Gasteiger partial charge in [0.15, 0.2) is 0 Å². The number of rotatable bonds is 5. The number of hydrogen-bond acceptors (Lipinski definition) is 4. The molecule has 3 rings (SSSR count). The highest BCUT2D eigenvalue weighted by molar-refractivity contribution is 7.90. The first-order valence-corrected chi connectivity index (χ1v) is 9.84. The number of sulfonamides is 1. The summed E-state index contributed by atoms with van der Waals surface area (Å²) in [5.74, 6) is 0. The SMILES string of the molecule is O=S(=O)(NCC1(c2cccc(Cl)c2)CCOCC1)C1CCOC1. The van der Waals surface area contributed by atoms with Crippen molar-refractivity contribution in [1.29, 1.82) is 0 Å². The van der Waals surface area contributed by atoms with Crippen molar-refractivity contribution in [2.45, 2.75) is 29.9 Å². The second kappa shape index (κ2) is 7.07. The fourth-order valence-corrected chi connectivity index (χ4v) is 4.85. The van der Waals surface area contributed by atoms with Gasteiger partial charge in [-0.25, -0.2) is 13.1 Å². The number of benzene rings is 1. The molecule has 1 aromatic carbocycles. The molecule has 0 radical (unpaired) electrons. The Morgan fingerprint density at radius 3 is 2.65 bits per heavy atom. The van der Waals surface area contributed by atoms with Gasteiger partial charge in [0, 0.05) is 36.8 Å². The maximum absolute atomic E-state index is 12.5. The van der Waals surface area contributed by atoms with Crippen LogP contribution < -0.4 is 4.72 Å². The molecule has 2 aliphatic heterocycles. The summed E-state index contributed by atoms with van der Waals surface area (Å²) in [7, 11) is -3.36. The van der Waals surface area contributed by atoms with E-state index >= 15 is 0 Å². The third kappa shape index (κ3) is 3.88. The van der Waals surface area contributed by atoms with Gasteiger partial charge < -0.3 is 9.47 Å². The van der Waals surface area contributed by atoms with E-state index in [4.69, 9.17) is 21.1 Å². The van der Waals surface area contributed by atoms with Gasteiger partial charge in [-0.2, -0.15) is 0 Å². The smallest absolute Gasteiger partial charge is 0.216 e. The minimum absolute atomic E-state index is 0.268. The fraction of sp³-hybridized carbons (Fsp3) is 0.625. The normalized spacial score (nSPS) is 24.7. The average Bonchev–Trinajstić information content (AvgIpc) is 3.09. The molecule has 0 amide bonds. The predicted molar refractivity (Wildman–Crippen MR) is 89.3 cm³/mol. The Morgan fingerprint density at radius 2 is 2.00 bits per heavy atom. The molecule has 1 atom stereocenters. The van der Waals surface area contributed by atoms with E-state index in [1.54, 1.807) is 0 Å². The summed E-state index contributed by atoms with van der Waals surface area (Å²) in [5, 5.41) is 0.221. The first kappa shape index (κ1) is 17.2. The first-order chi connectivity index (χ1) is 11.0. The van der Waals surface area contributed by atoms with Gasteiger partial charge in [-0.3, -0.25) is 0 Å². The Labute approximate surface area is 142 Å². The van der Waals surface area contributed by atoms with Gasteiger partial charge in [0.1, 0.15) is 5.25 Å². The lowest BCUT2D eigenvalue weighted by Gasteiger charge is -2.38. The maximum Gasteiger partial charge on any atom is 0.216 e. The minimum atomic E-state index is -3.36. The van der Waals surface area contributed by atoms with Crippen molar-refractivity contribution in [3.05, 3.63) is 34.9 Å². The Hall–Kier alpha value is -0.660. The second-order valence-corrected chi connectivity index (χ2v) is 8.74. The van der Waals surface area contributed by atoms with E-state index in [1.165, 1.54) is 0 Å². The van der Waals surface area contributed by atoms with E-state index in [0.717, 1.165) is 18.4 Å². The summed E-state index contributed by atoms with van der Waals surface area (Å²) in [5.41, 5.74) is 0.800. The highest BCUT2D eigenvalue weighted by atomic mass is 35.5. The standard InChI is InChI=1S/C16H22ClNO4S/c17-14-3-1-2-13(10-14)16(5-8-21-9-6-16)12-18-23(19,20)15-4-7-22-11-15/h1-3,10,15,18H,4-9,11-12H2. The van der Waals surface area contributed by atoms with Crippen LogP contribution in [0.1, 0.15) is 24.8 Å². The molecule has 7 heteroatoms. The zero-order valence-corrected chi connectivity index (χ0v) is 14.5. The molecule has 2 heterocycles. The topological polar surface area (TPSA) is 64.6 Å². The van der Waals surface area contributed by atoms with Gasteiger partial charge >= 0.3 is 0 Å². The van der Waals surface area contributed by atoms with Crippen LogP contribution in [0.3, 0.4) is 0 Å². The highest BCUT2D eigenvalue weighted by Gasteiger charge is 2.37. The lowest BCUT2D eigenvalue weighted by molar-refractivity contribution is 0.0517. The second-order valence-electron chi connectivity index (χ2n) is 6.25. The van der Waals surface area contributed by atoms with Gasteiger partial charge in [-0.05, 0) is 37.0 Å². The fourth-order valence-electron chi connectivity index (χ4n) is 3.26. The van der Waals surface area contributed by atoms with Crippen molar-refractivity contribution in [2.24, 2.45) is 0 Å². The van der Waals surface area contributed by atoms with Crippen molar-refractivity contribution in [3.63, 3.8) is 0 Å². The van der Waals surface area contributed by atoms with Crippen molar-refractivity contribution in [3.8, 4) is 0 Å². The van der Waals surface area contributed by atoms with Crippen molar-refractivity contribution >= 4 is 21.6 Å². The van der Waals surface area contributed by atoms with Gasteiger partial charge in [0.05, 0.1) is 6.61 Å². The molecule has 0 aromatic heterocycles. The molecule has 2 aliphatic rings. The van der Waals surface area contributed by atoms with Crippen LogP contribution in [-0.4, -0.2) is 46.6 Å². The molecule has 23 heavy (non-hydrogen) atoms. The van der Waals surface area contributed by atoms with Crippen LogP contribution in [0.2, 0.25) is 5.02 Å². The van der Waals surface area contributed by atoms with Crippen molar-refractivity contribution < 1.29 is 17.9 Å². The number of nitrogens with one attached hydrogen (secondary N) is 1. The van der Waals surface area contributed by atoms with Crippen LogP contribution >= 0.6 is 11.6 Å². The monoisotopic (exact) mass is 359 g/mol. The van der Waals surface area contributed by atoms with Gasteiger partial charge in [0.2, 0.25) is 10.0 Å². The third-order valence-corrected chi connectivity index (χ3v) is 6.86. The maximum atomic E-state index is 12.5.